The smallest absolute Gasteiger partial charge is 0.308 e. The van der Waals surface area contributed by atoms with Gasteiger partial charge in [0.15, 0.2) is 30.7 Å². The molecule has 2 fully saturated rings. The van der Waals surface area contributed by atoms with Crippen molar-refractivity contribution < 1.29 is 90.5 Å². The summed E-state index contributed by atoms with van der Waals surface area (Å²) in [7, 11) is 0. The van der Waals surface area contributed by atoms with E-state index in [1.54, 1.807) is 83.1 Å². The molecular weight excluding hydrogens is 929 g/mol. The summed E-state index contributed by atoms with van der Waals surface area (Å²) in [4.78, 5) is 109. The van der Waals surface area contributed by atoms with Crippen LogP contribution in [-0.4, -0.2) is 122 Å². The molecule has 0 aromatic heterocycles. The maximum Gasteiger partial charge on any atom is 0.308 e. The maximum absolute atomic E-state index is 13.9. The minimum atomic E-state index is -1.88. The van der Waals surface area contributed by atoms with E-state index in [0.29, 0.717) is 0 Å². The molecule has 0 N–H and O–H groups in total. The van der Waals surface area contributed by atoms with Gasteiger partial charge in [0.2, 0.25) is 12.4 Å². The summed E-state index contributed by atoms with van der Waals surface area (Å²) in [6.07, 6.45) is -17.4. The van der Waals surface area contributed by atoms with Gasteiger partial charge in [-0.3, -0.25) is 38.4 Å². The van der Waals surface area contributed by atoms with Crippen LogP contribution in [0.25, 0.3) is 0 Å². The quantitative estimate of drug-likeness (QED) is 0.0549. The van der Waals surface area contributed by atoms with Crippen LogP contribution in [-0.2, 0) is 90.5 Å². The molecule has 5 unspecified atom stereocenters. The number of carbonyl (C=O) groups excluding carboxylic acids is 8. The zero-order chi connectivity index (χ0) is 53.9. The molecule has 2 saturated heterocycles. The molecule has 2 aliphatic rings. The summed E-state index contributed by atoms with van der Waals surface area (Å²) < 4.78 is 67.6. The number of carbonyl (C=O) groups is 8. The third kappa shape index (κ3) is 23.8. The van der Waals surface area contributed by atoms with E-state index in [1.807, 2.05) is 27.7 Å². The summed E-state index contributed by atoms with van der Waals surface area (Å²) in [5.41, 5.74) is 0. The normalized spacial score (nSPS) is 24.6. The largest absolute Gasteiger partial charge is 0.463 e. The van der Waals surface area contributed by atoms with Gasteiger partial charge < -0.3 is 52.1 Å². The van der Waals surface area contributed by atoms with E-state index in [1.165, 1.54) is 0 Å². The van der Waals surface area contributed by atoms with Crippen LogP contribution in [0.2, 0.25) is 0 Å². The van der Waals surface area contributed by atoms with Crippen molar-refractivity contribution in [2.24, 2.45) is 47.3 Å². The third-order valence-electron chi connectivity index (χ3n) is 10.5. The number of hydrogen-bond acceptors (Lipinski definition) is 19. The highest BCUT2D eigenvalue weighted by molar-refractivity contribution is 5.73. The summed E-state index contributed by atoms with van der Waals surface area (Å²) in [6, 6.07) is 0. The maximum atomic E-state index is 13.9. The number of esters is 8. The first-order valence-electron chi connectivity index (χ1n) is 25.5. The highest BCUT2D eigenvalue weighted by Gasteiger charge is 2.58. The van der Waals surface area contributed by atoms with Crippen LogP contribution in [0.4, 0.5) is 0 Å². The molecule has 19 heteroatoms. The zero-order valence-electron chi connectivity index (χ0n) is 45.2. The highest BCUT2D eigenvalue weighted by Crippen LogP contribution is 2.37. The zero-order valence-corrected chi connectivity index (χ0v) is 45.2. The fourth-order valence-electron chi connectivity index (χ4n) is 7.52. The van der Waals surface area contributed by atoms with E-state index in [2.05, 4.69) is 0 Å². The van der Waals surface area contributed by atoms with E-state index < -0.39 is 122 Å². The monoisotopic (exact) mass is 1010 g/mol. The molecule has 19 nitrogen and oxygen atoms in total. The van der Waals surface area contributed by atoms with Gasteiger partial charge in [-0.05, 0) is 47.3 Å². The summed E-state index contributed by atoms with van der Waals surface area (Å²) in [6.45, 7) is 27.4. The van der Waals surface area contributed by atoms with Crippen LogP contribution < -0.4 is 0 Å². The lowest BCUT2D eigenvalue weighted by molar-refractivity contribution is -0.358. The Bertz CT molecular complexity index is 1720. The molecule has 0 spiro atoms. The molecule has 71 heavy (non-hydrogen) atoms. The molecule has 0 bridgehead atoms. The van der Waals surface area contributed by atoms with Gasteiger partial charge >= 0.3 is 47.8 Å². The second-order valence-electron chi connectivity index (χ2n) is 22.1. The first-order chi connectivity index (χ1) is 33.0. The Morgan fingerprint density at radius 1 is 0.296 bits per heavy atom. The van der Waals surface area contributed by atoms with Crippen molar-refractivity contribution in [2.45, 2.75) is 224 Å². The number of rotatable bonds is 28. The van der Waals surface area contributed by atoms with Gasteiger partial charge in [0, 0.05) is 51.4 Å². The van der Waals surface area contributed by atoms with Crippen molar-refractivity contribution >= 4 is 47.8 Å². The lowest BCUT2D eigenvalue weighted by Gasteiger charge is -2.48. The summed E-state index contributed by atoms with van der Waals surface area (Å²) in [5.74, 6) is -7.36. The molecule has 2 heterocycles. The molecule has 0 radical (unpaired) electrons. The minimum absolute atomic E-state index is 0.00652. The highest BCUT2D eigenvalue weighted by atomic mass is 16.8. The van der Waals surface area contributed by atoms with Gasteiger partial charge in [-0.15, -0.1) is 0 Å². The number of ether oxygens (including phenoxy) is 11. The van der Waals surface area contributed by atoms with Gasteiger partial charge in [-0.2, -0.15) is 0 Å². The van der Waals surface area contributed by atoms with Gasteiger partial charge in [0.1, 0.15) is 31.5 Å². The predicted octanol–water partition coefficient (Wildman–Crippen LogP) is 7.38. The average molecular weight is 1020 g/mol. The van der Waals surface area contributed by atoms with E-state index in [0.717, 1.165) is 0 Å². The molecule has 2 aliphatic heterocycles. The van der Waals surface area contributed by atoms with Crippen molar-refractivity contribution in [1.29, 1.82) is 0 Å². The van der Waals surface area contributed by atoms with Crippen molar-refractivity contribution in [1.82, 2.24) is 0 Å². The predicted molar refractivity (Wildman–Crippen MR) is 255 cm³/mol. The van der Waals surface area contributed by atoms with Crippen LogP contribution >= 0.6 is 0 Å². The molecule has 10 atom stereocenters. The first-order valence-corrected chi connectivity index (χ1v) is 25.5. The van der Waals surface area contributed by atoms with Crippen molar-refractivity contribution in [3.63, 3.8) is 0 Å². The fraction of sp³-hybridized carbons (Fsp3) is 0.846. The molecule has 2 rings (SSSR count). The Morgan fingerprint density at radius 2 is 0.535 bits per heavy atom. The molecular formula is C52H86O19. The molecule has 0 amide bonds. The Morgan fingerprint density at radius 3 is 0.873 bits per heavy atom. The van der Waals surface area contributed by atoms with Gasteiger partial charge in [0.05, 0.1) is 0 Å². The summed E-state index contributed by atoms with van der Waals surface area (Å²) >= 11 is 0. The SMILES string of the molecule is CC(C)CC(=O)OCC1OC(OC(=O)CC(C)C)C(OC(=O)CC(C)C)[C@@H](OC(=O)CC(C)C)[C@@H]1O[C@@H]1OC(COC(=O)CC(C)C)[C@H](OC(=O)CC(C)C)[C@H](OC(=O)CC(C)C)C1OC(=O)CC(C)C. The van der Waals surface area contributed by atoms with Crippen molar-refractivity contribution in [3.05, 3.63) is 0 Å². The lowest BCUT2D eigenvalue weighted by atomic mass is 9.95. The molecule has 0 saturated carbocycles. The first kappa shape index (κ1) is 62.8. The van der Waals surface area contributed by atoms with Crippen molar-refractivity contribution in [3.8, 4) is 0 Å². The van der Waals surface area contributed by atoms with Crippen LogP contribution in [0.3, 0.4) is 0 Å². The van der Waals surface area contributed by atoms with Crippen molar-refractivity contribution in [2.75, 3.05) is 13.2 Å². The Labute approximate surface area is 421 Å². The van der Waals surface area contributed by atoms with E-state index >= 15 is 0 Å². The van der Waals surface area contributed by atoms with Crippen LogP contribution in [0.1, 0.15) is 162 Å². The van der Waals surface area contributed by atoms with Gasteiger partial charge in [-0.1, -0.05) is 111 Å². The Balaban J connectivity index is 3.09. The van der Waals surface area contributed by atoms with E-state index in [4.69, 9.17) is 52.1 Å². The average Bonchev–Trinajstić information content (AvgIpc) is 3.18. The molecule has 0 aliphatic carbocycles. The van der Waals surface area contributed by atoms with Gasteiger partial charge in [-0.25, -0.2) is 0 Å². The Hall–Kier alpha value is -4.36. The standard InChI is InChI=1S/C52H86O19/c1-27(2)17-37(53)61-25-35-45(65-39(55)19-29(5)6)47(66-40(56)20-30(7)8)50(69-43(59)23-33(13)14)52(64-35)71-46-36(26-62-38(54)18-28(3)4)63-51(70-44(60)24-34(15)16)49(68-42(58)22-32(11)12)48(46)67-41(57)21-31(9)10/h27-36,45-52H,17-26H2,1-16H3/t35?,36?,45-,46+,47-,48-,49?,50?,51?,52-/m0/s1. The van der Waals surface area contributed by atoms with Crippen LogP contribution in [0.15, 0.2) is 0 Å². The molecule has 0 aromatic carbocycles. The second kappa shape index (κ2) is 30.6. The van der Waals surface area contributed by atoms with Crippen LogP contribution in [0.5, 0.6) is 0 Å². The lowest BCUT2D eigenvalue weighted by Crippen LogP contribution is -2.67. The fourth-order valence-corrected chi connectivity index (χ4v) is 7.52. The topological polar surface area (TPSA) is 238 Å². The van der Waals surface area contributed by atoms with E-state index in [-0.39, 0.29) is 98.7 Å². The molecule has 0 aromatic rings. The Kier molecular flexibility index (Phi) is 27.1. The van der Waals surface area contributed by atoms with Crippen LogP contribution in [0, 0.1) is 47.3 Å². The molecule has 408 valence electrons. The minimum Gasteiger partial charge on any atom is -0.463 e. The summed E-state index contributed by atoms with van der Waals surface area (Å²) in [5, 5.41) is 0. The third-order valence-corrected chi connectivity index (χ3v) is 10.5. The second-order valence-corrected chi connectivity index (χ2v) is 22.1. The van der Waals surface area contributed by atoms with E-state index in [9.17, 15) is 38.4 Å². The van der Waals surface area contributed by atoms with Gasteiger partial charge in [0.25, 0.3) is 0 Å². The number of hydrogen-bond donors (Lipinski definition) is 0.